The highest BCUT2D eigenvalue weighted by molar-refractivity contribution is 6.63. The SMILES string of the molecule is CC1(C)OB(c2c(Cc3ccccc3)cc(OC(N)=O)c(OC(N)=O)c2Cc2ccccc2)OC1(C)C. The summed E-state index contributed by atoms with van der Waals surface area (Å²) in [5.74, 6) is -0.0138. The van der Waals surface area contributed by atoms with Gasteiger partial charge in [0.2, 0.25) is 0 Å². The van der Waals surface area contributed by atoms with Crippen LogP contribution in [0.5, 0.6) is 11.5 Å². The van der Waals surface area contributed by atoms with E-state index < -0.39 is 30.5 Å². The molecular formula is C28H31BN2O6. The van der Waals surface area contributed by atoms with Crippen molar-refractivity contribution in [2.45, 2.75) is 51.7 Å². The van der Waals surface area contributed by atoms with Crippen LogP contribution < -0.4 is 26.4 Å². The van der Waals surface area contributed by atoms with Crippen molar-refractivity contribution in [1.29, 1.82) is 0 Å². The molecule has 0 radical (unpaired) electrons. The van der Waals surface area contributed by atoms with Gasteiger partial charge in [-0.2, -0.15) is 0 Å². The maximum absolute atomic E-state index is 12.0. The summed E-state index contributed by atoms with van der Waals surface area (Å²) < 4.78 is 23.7. The average molecular weight is 502 g/mol. The largest absolute Gasteiger partial charge is 0.495 e. The monoisotopic (exact) mass is 502 g/mol. The first-order chi connectivity index (χ1) is 17.5. The third-order valence-corrected chi connectivity index (χ3v) is 6.84. The van der Waals surface area contributed by atoms with Crippen molar-refractivity contribution in [3.05, 3.63) is 89.0 Å². The van der Waals surface area contributed by atoms with Gasteiger partial charge in [-0.15, -0.1) is 0 Å². The molecule has 3 aromatic carbocycles. The molecule has 0 aromatic heterocycles. The lowest BCUT2D eigenvalue weighted by molar-refractivity contribution is 0.00578. The van der Waals surface area contributed by atoms with Crippen LogP contribution in [-0.2, 0) is 22.2 Å². The van der Waals surface area contributed by atoms with Crippen molar-refractivity contribution in [2.24, 2.45) is 11.5 Å². The second-order valence-electron chi connectivity index (χ2n) is 10.0. The fourth-order valence-electron chi connectivity index (χ4n) is 4.36. The van der Waals surface area contributed by atoms with Crippen molar-refractivity contribution in [2.75, 3.05) is 0 Å². The summed E-state index contributed by atoms with van der Waals surface area (Å²) in [4.78, 5) is 23.8. The number of carbonyl (C=O) groups excluding carboxylic acids is 2. The Morgan fingerprint density at radius 1 is 0.784 bits per heavy atom. The molecule has 37 heavy (non-hydrogen) atoms. The molecule has 4 rings (SSSR count). The molecule has 1 aliphatic heterocycles. The summed E-state index contributed by atoms with van der Waals surface area (Å²) in [7, 11) is -0.791. The van der Waals surface area contributed by atoms with E-state index in [2.05, 4.69) is 0 Å². The maximum atomic E-state index is 12.0. The fourth-order valence-corrected chi connectivity index (χ4v) is 4.36. The van der Waals surface area contributed by atoms with Gasteiger partial charge >= 0.3 is 19.3 Å². The summed E-state index contributed by atoms with van der Waals surface area (Å²) >= 11 is 0. The lowest BCUT2D eigenvalue weighted by Crippen LogP contribution is -2.41. The number of nitrogens with two attached hydrogens (primary N) is 2. The molecule has 0 saturated carbocycles. The van der Waals surface area contributed by atoms with Gasteiger partial charge in [0.1, 0.15) is 0 Å². The van der Waals surface area contributed by atoms with Crippen LogP contribution in [0.4, 0.5) is 9.59 Å². The molecule has 2 amide bonds. The van der Waals surface area contributed by atoms with Crippen molar-refractivity contribution in [1.82, 2.24) is 0 Å². The van der Waals surface area contributed by atoms with Crippen LogP contribution in [0.2, 0.25) is 0 Å². The van der Waals surface area contributed by atoms with Gasteiger partial charge in [-0.3, -0.25) is 0 Å². The lowest BCUT2D eigenvalue weighted by atomic mass is 9.70. The van der Waals surface area contributed by atoms with Gasteiger partial charge in [0.05, 0.1) is 11.2 Å². The molecule has 192 valence electrons. The number of carbonyl (C=O) groups is 2. The number of primary amides is 2. The minimum Gasteiger partial charge on any atom is -0.406 e. The Morgan fingerprint density at radius 3 is 1.76 bits per heavy atom. The Balaban J connectivity index is 2.00. The zero-order valence-corrected chi connectivity index (χ0v) is 21.4. The molecule has 0 spiro atoms. The Kier molecular flexibility index (Phi) is 7.29. The number of rotatable bonds is 7. The van der Waals surface area contributed by atoms with E-state index in [0.717, 1.165) is 16.7 Å². The molecule has 0 unspecified atom stereocenters. The van der Waals surface area contributed by atoms with Crippen LogP contribution in [0.25, 0.3) is 0 Å². The molecule has 1 heterocycles. The predicted octanol–water partition coefficient (Wildman–Crippen LogP) is 4.08. The summed E-state index contributed by atoms with van der Waals surface area (Å²) in [5.41, 5.74) is 13.5. The van der Waals surface area contributed by atoms with Crippen LogP contribution in [-0.4, -0.2) is 30.5 Å². The van der Waals surface area contributed by atoms with E-state index in [9.17, 15) is 9.59 Å². The van der Waals surface area contributed by atoms with Gasteiger partial charge in [-0.05, 0) is 62.3 Å². The first kappa shape index (κ1) is 26.3. The molecule has 0 aliphatic carbocycles. The van der Waals surface area contributed by atoms with Crippen molar-refractivity contribution >= 4 is 24.8 Å². The highest BCUT2D eigenvalue weighted by Gasteiger charge is 2.53. The minimum atomic E-state index is -1.06. The molecule has 4 N–H and O–H groups in total. The van der Waals surface area contributed by atoms with E-state index in [1.54, 1.807) is 6.07 Å². The van der Waals surface area contributed by atoms with E-state index in [0.29, 0.717) is 23.9 Å². The van der Waals surface area contributed by atoms with Gasteiger partial charge in [-0.25, -0.2) is 9.59 Å². The zero-order valence-electron chi connectivity index (χ0n) is 21.4. The topological polar surface area (TPSA) is 123 Å². The predicted molar refractivity (Wildman–Crippen MR) is 141 cm³/mol. The van der Waals surface area contributed by atoms with E-state index in [1.807, 2.05) is 88.4 Å². The van der Waals surface area contributed by atoms with E-state index in [1.165, 1.54) is 0 Å². The van der Waals surface area contributed by atoms with Crippen molar-refractivity contribution in [3.8, 4) is 11.5 Å². The molecule has 9 heteroatoms. The molecule has 3 aromatic rings. The molecule has 1 aliphatic rings. The Morgan fingerprint density at radius 2 is 1.27 bits per heavy atom. The Labute approximate surface area is 217 Å². The first-order valence-electron chi connectivity index (χ1n) is 12.0. The second-order valence-corrected chi connectivity index (χ2v) is 10.0. The maximum Gasteiger partial charge on any atom is 0.495 e. The third-order valence-electron chi connectivity index (χ3n) is 6.84. The van der Waals surface area contributed by atoms with Gasteiger partial charge in [0.25, 0.3) is 0 Å². The average Bonchev–Trinajstić information content (AvgIpc) is 3.03. The molecular weight excluding hydrogens is 471 g/mol. The Bertz CT molecular complexity index is 1280. The number of hydrogen-bond acceptors (Lipinski definition) is 6. The van der Waals surface area contributed by atoms with E-state index in [-0.39, 0.29) is 11.5 Å². The quantitative estimate of drug-likeness (QED) is 0.470. The summed E-state index contributed by atoms with van der Waals surface area (Å²) in [6.45, 7) is 7.86. The number of ether oxygens (including phenoxy) is 2. The molecule has 0 atom stereocenters. The number of amides is 2. The van der Waals surface area contributed by atoms with Crippen molar-refractivity contribution < 1.29 is 28.4 Å². The zero-order chi connectivity index (χ0) is 26.8. The molecule has 0 bridgehead atoms. The van der Waals surface area contributed by atoms with E-state index in [4.69, 9.17) is 30.2 Å². The van der Waals surface area contributed by atoms with Crippen LogP contribution in [0.15, 0.2) is 66.7 Å². The van der Waals surface area contributed by atoms with Crippen LogP contribution in [0, 0.1) is 0 Å². The fraction of sp³-hybridized carbons (Fsp3) is 0.286. The summed E-state index contributed by atoms with van der Waals surface area (Å²) in [6.07, 6.45) is -1.32. The molecule has 1 saturated heterocycles. The number of hydrogen-bond donors (Lipinski definition) is 2. The van der Waals surface area contributed by atoms with E-state index >= 15 is 0 Å². The minimum absolute atomic E-state index is 0.00308. The van der Waals surface area contributed by atoms with Crippen LogP contribution in [0.1, 0.15) is 49.9 Å². The van der Waals surface area contributed by atoms with Gasteiger partial charge < -0.3 is 30.2 Å². The summed E-state index contributed by atoms with van der Waals surface area (Å²) in [6, 6.07) is 21.1. The van der Waals surface area contributed by atoms with Crippen molar-refractivity contribution in [3.63, 3.8) is 0 Å². The lowest BCUT2D eigenvalue weighted by Gasteiger charge is -2.32. The Hall–Kier alpha value is -3.82. The highest BCUT2D eigenvalue weighted by Crippen LogP contribution is 2.40. The van der Waals surface area contributed by atoms with Gasteiger partial charge in [0, 0.05) is 12.0 Å². The highest BCUT2D eigenvalue weighted by atomic mass is 16.7. The molecule has 8 nitrogen and oxygen atoms in total. The second kappa shape index (κ2) is 10.3. The number of benzene rings is 3. The standard InChI is InChI=1S/C28H31BN2O6/c1-27(2)28(3,4)37-29(36-27)23-20(15-18-11-7-5-8-12-18)17-22(34-25(30)32)24(35-26(31)33)21(23)16-19-13-9-6-10-14-19/h5-14,17H,15-16H2,1-4H3,(H2,30,32)(H2,31,33). The first-order valence-corrected chi connectivity index (χ1v) is 12.0. The normalized spacial score (nSPS) is 15.8. The van der Waals surface area contributed by atoms with Crippen LogP contribution in [0.3, 0.4) is 0 Å². The molecule has 1 fully saturated rings. The summed E-state index contributed by atoms with van der Waals surface area (Å²) in [5, 5.41) is 0. The smallest absolute Gasteiger partial charge is 0.406 e. The van der Waals surface area contributed by atoms with Crippen LogP contribution >= 0.6 is 0 Å². The third kappa shape index (κ3) is 5.79. The van der Waals surface area contributed by atoms with Gasteiger partial charge in [0.15, 0.2) is 11.5 Å². The van der Waals surface area contributed by atoms with Gasteiger partial charge in [-0.1, -0.05) is 60.7 Å².